The van der Waals surface area contributed by atoms with Crippen LogP contribution >= 0.6 is 0 Å². The number of para-hydroxylation sites is 2. The Morgan fingerprint density at radius 1 is 1.11 bits per heavy atom. The zero-order valence-electron chi connectivity index (χ0n) is 10.6. The fourth-order valence-electron chi connectivity index (χ4n) is 3.54. The molecule has 2 fully saturated rings. The molecule has 1 saturated carbocycles. The molecule has 1 aliphatic carbocycles. The topological polar surface area (TPSA) is 29.0 Å². The minimum atomic E-state index is 0.712. The average Bonchev–Trinajstić information content (AvgIpc) is 3.00. The summed E-state index contributed by atoms with van der Waals surface area (Å²) in [5.74, 6) is 2.00. The number of benzene rings is 1. The first-order valence-corrected chi connectivity index (χ1v) is 6.81. The summed E-state index contributed by atoms with van der Waals surface area (Å²) in [6.07, 6.45) is 4.09. The molecule has 1 aliphatic heterocycles. The van der Waals surface area contributed by atoms with E-state index in [1.807, 2.05) is 18.2 Å². The number of hydrogen-bond donors (Lipinski definition) is 0. The molecular weight excluding hydrogens is 222 g/mol. The van der Waals surface area contributed by atoms with Gasteiger partial charge in [-0.1, -0.05) is 12.1 Å². The van der Waals surface area contributed by atoms with E-state index in [9.17, 15) is 0 Å². The van der Waals surface area contributed by atoms with E-state index in [1.54, 1.807) is 0 Å². The number of hydrogen-bond acceptors (Lipinski definition) is 3. The van der Waals surface area contributed by atoms with Crippen molar-refractivity contribution in [2.45, 2.75) is 32.2 Å². The Labute approximate surface area is 107 Å². The number of fused-ring (bicyclic) bond motifs is 3. The standard InChI is InChI=1S/C15H17N3/c1-10-15(18-9-11-6-7-12(18)8-11)17-14-5-3-2-4-13(14)16-10/h2-5,11-12H,6-9H2,1H3. The van der Waals surface area contributed by atoms with Crippen LogP contribution in [0, 0.1) is 12.8 Å². The molecule has 0 spiro atoms. The van der Waals surface area contributed by atoms with Gasteiger partial charge in [0.1, 0.15) is 0 Å². The van der Waals surface area contributed by atoms with Crippen LogP contribution in [0.5, 0.6) is 0 Å². The van der Waals surface area contributed by atoms with Crippen LogP contribution in [0.2, 0.25) is 0 Å². The van der Waals surface area contributed by atoms with Crippen LogP contribution in [0.25, 0.3) is 11.0 Å². The van der Waals surface area contributed by atoms with E-state index in [0.29, 0.717) is 6.04 Å². The maximum Gasteiger partial charge on any atom is 0.151 e. The molecule has 0 amide bonds. The first-order valence-electron chi connectivity index (χ1n) is 6.81. The van der Waals surface area contributed by atoms with Gasteiger partial charge in [0, 0.05) is 12.6 Å². The van der Waals surface area contributed by atoms with Crippen molar-refractivity contribution in [3.8, 4) is 0 Å². The summed E-state index contributed by atoms with van der Waals surface area (Å²) in [6, 6.07) is 8.86. The van der Waals surface area contributed by atoms with Gasteiger partial charge in [-0.3, -0.25) is 0 Å². The highest BCUT2D eigenvalue weighted by Crippen LogP contribution is 2.40. The summed E-state index contributed by atoms with van der Waals surface area (Å²) >= 11 is 0. The predicted molar refractivity (Wildman–Crippen MR) is 72.8 cm³/mol. The molecule has 2 bridgehead atoms. The molecule has 1 saturated heterocycles. The maximum absolute atomic E-state index is 4.84. The molecule has 2 atom stereocenters. The molecular formula is C15H17N3. The van der Waals surface area contributed by atoms with E-state index in [4.69, 9.17) is 9.97 Å². The van der Waals surface area contributed by atoms with E-state index < -0.39 is 0 Å². The van der Waals surface area contributed by atoms with E-state index >= 15 is 0 Å². The predicted octanol–water partition coefficient (Wildman–Crippen LogP) is 2.93. The number of nitrogens with zero attached hydrogens (tertiary/aromatic N) is 3. The molecule has 2 aliphatic rings. The molecule has 0 radical (unpaired) electrons. The highest BCUT2D eigenvalue weighted by Gasteiger charge is 2.39. The van der Waals surface area contributed by atoms with Crippen LogP contribution in [0.15, 0.2) is 24.3 Å². The van der Waals surface area contributed by atoms with Gasteiger partial charge < -0.3 is 4.90 Å². The molecule has 0 N–H and O–H groups in total. The Hall–Kier alpha value is -1.64. The summed E-state index contributed by atoms with van der Waals surface area (Å²) in [6.45, 7) is 3.26. The molecule has 2 aromatic rings. The van der Waals surface area contributed by atoms with Gasteiger partial charge in [-0.25, -0.2) is 9.97 Å². The zero-order valence-corrected chi connectivity index (χ0v) is 10.6. The van der Waals surface area contributed by atoms with Crippen LogP contribution in [-0.2, 0) is 0 Å². The Balaban J connectivity index is 1.82. The minimum absolute atomic E-state index is 0.712. The normalized spacial score (nSPS) is 26.2. The highest BCUT2D eigenvalue weighted by molar-refractivity contribution is 5.76. The van der Waals surface area contributed by atoms with E-state index in [0.717, 1.165) is 28.5 Å². The lowest BCUT2D eigenvalue weighted by Crippen LogP contribution is -2.33. The number of aryl methyl sites for hydroxylation is 1. The smallest absolute Gasteiger partial charge is 0.151 e. The number of rotatable bonds is 1. The van der Waals surface area contributed by atoms with Crippen molar-refractivity contribution in [1.29, 1.82) is 0 Å². The lowest BCUT2D eigenvalue weighted by Gasteiger charge is -2.29. The van der Waals surface area contributed by atoms with Gasteiger partial charge in [-0.2, -0.15) is 0 Å². The van der Waals surface area contributed by atoms with Gasteiger partial charge >= 0.3 is 0 Å². The lowest BCUT2D eigenvalue weighted by molar-refractivity contribution is 0.549. The Bertz CT molecular complexity index is 608. The van der Waals surface area contributed by atoms with Crippen molar-refractivity contribution in [2.24, 2.45) is 5.92 Å². The largest absolute Gasteiger partial charge is 0.352 e. The molecule has 2 unspecified atom stereocenters. The van der Waals surface area contributed by atoms with Crippen molar-refractivity contribution in [1.82, 2.24) is 9.97 Å². The third-order valence-electron chi connectivity index (χ3n) is 4.40. The number of piperidine rings is 1. The summed E-state index contributed by atoms with van der Waals surface area (Å²) < 4.78 is 0. The molecule has 2 heterocycles. The second-order valence-corrected chi connectivity index (χ2v) is 5.61. The van der Waals surface area contributed by atoms with Gasteiger partial charge in [0.05, 0.1) is 16.7 Å². The number of anilines is 1. The molecule has 92 valence electrons. The summed E-state index contributed by atoms with van der Waals surface area (Å²) in [7, 11) is 0. The second-order valence-electron chi connectivity index (χ2n) is 5.61. The highest BCUT2D eigenvalue weighted by atomic mass is 15.3. The van der Waals surface area contributed by atoms with Crippen LogP contribution in [0.4, 0.5) is 5.82 Å². The van der Waals surface area contributed by atoms with Gasteiger partial charge in [0.15, 0.2) is 5.82 Å². The quantitative estimate of drug-likeness (QED) is 0.766. The maximum atomic E-state index is 4.84. The Morgan fingerprint density at radius 2 is 1.89 bits per heavy atom. The SMILES string of the molecule is Cc1nc2ccccc2nc1N1CC2CCC1C2. The molecule has 4 rings (SSSR count). The van der Waals surface area contributed by atoms with Gasteiger partial charge in [0.2, 0.25) is 0 Å². The van der Waals surface area contributed by atoms with Crippen molar-refractivity contribution < 1.29 is 0 Å². The molecule has 18 heavy (non-hydrogen) atoms. The summed E-state index contributed by atoms with van der Waals surface area (Å²) in [5, 5.41) is 0. The van der Waals surface area contributed by atoms with Gasteiger partial charge in [0.25, 0.3) is 0 Å². The first-order chi connectivity index (χ1) is 8.81. The third kappa shape index (κ3) is 1.43. The van der Waals surface area contributed by atoms with Gasteiger partial charge in [-0.05, 0) is 44.2 Å². The fourth-order valence-corrected chi connectivity index (χ4v) is 3.54. The van der Waals surface area contributed by atoms with E-state index in [-0.39, 0.29) is 0 Å². The van der Waals surface area contributed by atoms with E-state index in [1.165, 1.54) is 25.8 Å². The molecule has 3 nitrogen and oxygen atoms in total. The molecule has 1 aromatic carbocycles. The van der Waals surface area contributed by atoms with Crippen molar-refractivity contribution in [3.05, 3.63) is 30.0 Å². The fraction of sp³-hybridized carbons (Fsp3) is 0.467. The third-order valence-corrected chi connectivity index (χ3v) is 4.40. The van der Waals surface area contributed by atoms with Crippen molar-refractivity contribution in [3.63, 3.8) is 0 Å². The Kier molecular flexibility index (Phi) is 2.10. The lowest BCUT2D eigenvalue weighted by atomic mass is 10.1. The first kappa shape index (κ1) is 10.3. The average molecular weight is 239 g/mol. The molecule has 3 heteroatoms. The second kappa shape index (κ2) is 3.67. The Morgan fingerprint density at radius 3 is 2.56 bits per heavy atom. The van der Waals surface area contributed by atoms with Gasteiger partial charge in [-0.15, -0.1) is 0 Å². The summed E-state index contributed by atoms with van der Waals surface area (Å²) in [4.78, 5) is 12.0. The van der Waals surface area contributed by atoms with Crippen LogP contribution < -0.4 is 4.90 Å². The summed E-state index contributed by atoms with van der Waals surface area (Å²) in [5.41, 5.74) is 3.09. The zero-order chi connectivity index (χ0) is 12.1. The van der Waals surface area contributed by atoms with E-state index in [2.05, 4.69) is 17.9 Å². The minimum Gasteiger partial charge on any atom is -0.352 e. The van der Waals surface area contributed by atoms with Crippen molar-refractivity contribution >= 4 is 16.9 Å². The van der Waals surface area contributed by atoms with Crippen molar-refractivity contribution in [2.75, 3.05) is 11.4 Å². The monoisotopic (exact) mass is 239 g/mol. The van der Waals surface area contributed by atoms with Crippen LogP contribution in [0.3, 0.4) is 0 Å². The van der Waals surface area contributed by atoms with Crippen LogP contribution in [-0.4, -0.2) is 22.6 Å². The van der Waals surface area contributed by atoms with Crippen LogP contribution in [0.1, 0.15) is 25.0 Å². The molecule has 1 aromatic heterocycles. The number of aromatic nitrogens is 2.